The van der Waals surface area contributed by atoms with E-state index in [9.17, 15) is 0 Å². The van der Waals surface area contributed by atoms with Crippen molar-refractivity contribution in [1.29, 1.82) is 0 Å². The summed E-state index contributed by atoms with van der Waals surface area (Å²) in [6, 6.07) is 8.04. The van der Waals surface area contributed by atoms with Crippen molar-refractivity contribution < 1.29 is 9.32 Å². The number of aromatic nitrogens is 4. The van der Waals surface area contributed by atoms with Crippen LogP contribution in [0.25, 0.3) is 11.5 Å². The molecule has 1 N–H and O–H groups in total. The van der Waals surface area contributed by atoms with Gasteiger partial charge in [0.2, 0.25) is 11.8 Å². The number of nitrogens with zero attached hydrogens (tertiary/aromatic N) is 5. The lowest BCUT2D eigenvalue weighted by atomic mass is 10.1. The first-order chi connectivity index (χ1) is 13.1. The third kappa shape index (κ3) is 3.91. The number of nitrogens with one attached hydrogen (secondary N) is 1. The van der Waals surface area contributed by atoms with Crippen molar-refractivity contribution in [3.05, 3.63) is 52.6 Å². The summed E-state index contributed by atoms with van der Waals surface area (Å²) in [5, 5.41) is 4.61. The van der Waals surface area contributed by atoms with Gasteiger partial charge in [-0.05, 0) is 55.4 Å². The smallest absolute Gasteiger partial charge is 0.292 e. The zero-order chi connectivity index (χ0) is 18.8. The van der Waals surface area contributed by atoms with E-state index in [-0.39, 0.29) is 0 Å². The molecule has 1 aliphatic heterocycles. The van der Waals surface area contributed by atoms with Gasteiger partial charge in [-0.15, -0.1) is 5.10 Å². The maximum Gasteiger partial charge on any atom is 0.292 e. The first kappa shape index (κ1) is 17.8. The molecule has 1 aromatic carbocycles. The van der Waals surface area contributed by atoms with Crippen molar-refractivity contribution in [2.75, 3.05) is 31.1 Å². The predicted octanol–water partition coefficient (Wildman–Crippen LogP) is 1.64. The van der Waals surface area contributed by atoms with E-state index in [4.69, 9.17) is 16.6 Å². The molecule has 1 aliphatic rings. The Balaban J connectivity index is 1.43. The number of piperazine rings is 1. The van der Waals surface area contributed by atoms with Gasteiger partial charge in [0, 0.05) is 18.0 Å². The third-order valence-corrected chi connectivity index (χ3v) is 5.33. The van der Waals surface area contributed by atoms with Crippen LogP contribution in [0.5, 0.6) is 0 Å². The van der Waals surface area contributed by atoms with Crippen molar-refractivity contribution in [2.45, 2.75) is 20.5 Å². The Morgan fingerprint density at radius 1 is 1.11 bits per heavy atom. The van der Waals surface area contributed by atoms with Gasteiger partial charge in [0.05, 0.1) is 26.2 Å². The molecule has 8 heteroatoms. The van der Waals surface area contributed by atoms with E-state index in [2.05, 4.69) is 45.9 Å². The lowest BCUT2D eigenvalue weighted by molar-refractivity contribution is -0.924. The molecule has 0 saturated carbocycles. The maximum atomic E-state index is 5.75. The molecule has 1 saturated heterocycles. The molecule has 3 heterocycles. The topological polar surface area (TPSA) is 64.4 Å². The van der Waals surface area contributed by atoms with E-state index in [1.165, 1.54) is 16.0 Å². The van der Waals surface area contributed by atoms with Crippen LogP contribution in [0, 0.1) is 18.7 Å². The van der Waals surface area contributed by atoms with Crippen LogP contribution >= 0.6 is 12.2 Å². The van der Waals surface area contributed by atoms with Crippen LogP contribution in [-0.4, -0.2) is 45.9 Å². The number of hydrogen-bond acceptors (Lipinski definition) is 6. The molecule has 2 aromatic heterocycles. The number of aryl methyl sites for hydroxylation is 2. The number of anilines is 1. The zero-order valence-corrected chi connectivity index (χ0v) is 16.4. The zero-order valence-electron chi connectivity index (χ0n) is 15.6. The largest absolute Gasteiger partial charge is 0.409 e. The number of quaternary nitrogens is 1. The average molecular weight is 384 g/mol. The van der Waals surface area contributed by atoms with Gasteiger partial charge in [-0.25, -0.2) is 9.97 Å². The Hall–Kier alpha value is -2.58. The van der Waals surface area contributed by atoms with Crippen molar-refractivity contribution in [1.82, 2.24) is 19.7 Å². The monoisotopic (exact) mass is 383 g/mol. The van der Waals surface area contributed by atoms with Crippen molar-refractivity contribution in [3.8, 4) is 11.5 Å². The quantitative estimate of drug-likeness (QED) is 0.691. The minimum Gasteiger partial charge on any atom is -0.409 e. The van der Waals surface area contributed by atoms with Crippen LogP contribution in [0.3, 0.4) is 0 Å². The Bertz CT molecular complexity index is 975. The third-order valence-electron chi connectivity index (χ3n) is 5.04. The Morgan fingerprint density at radius 3 is 2.56 bits per heavy atom. The summed E-state index contributed by atoms with van der Waals surface area (Å²) in [6.07, 6.45) is 3.56. The second-order valence-corrected chi connectivity index (χ2v) is 7.26. The van der Waals surface area contributed by atoms with Gasteiger partial charge in [0.25, 0.3) is 4.84 Å². The summed E-state index contributed by atoms with van der Waals surface area (Å²) in [5.74, 6) is 1.38. The van der Waals surface area contributed by atoms with Gasteiger partial charge in [0.15, 0.2) is 6.67 Å². The molecule has 4 rings (SSSR count). The molecule has 0 amide bonds. The fraction of sp³-hybridized carbons (Fsp3) is 0.368. The number of rotatable bonds is 4. The Kier molecular flexibility index (Phi) is 5.00. The second-order valence-electron chi connectivity index (χ2n) is 6.92. The first-order valence-electron chi connectivity index (χ1n) is 9.11. The van der Waals surface area contributed by atoms with Gasteiger partial charge in [-0.1, -0.05) is 6.07 Å². The van der Waals surface area contributed by atoms with Crippen molar-refractivity contribution in [3.63, 3.8) is 0 Å². The minimum atomic E-state index is 0.421. The fourth-order valence-electron chi connectivity index (χ4n) is 3.24. The summed E-state index contributed by atoms with van der Waals surface area (Å²) < 4.78 is 7.55. The van der Waals surface area contributed by atoms with Crippen LogP contribution in [0.2, 0.25) is 0 Å². The highest BCUT2D eigenvalue weighted by atomic mass is 32.1. The Morgan fingerprint density at radius 2 is 1.85 bits per heavy atom. The normalized spacial score (nSPS) is 15.3. The molecule has 0 radical (unpaired) electrons. The maximum absolute atomic E-state index is 5.75. The van der Waals surface area contributed by atoms with Gasteiger partial charge in [-0.2, -0.15) is 4.68 Å². The molecule has 0 spiro atoms. The van der Waals surface area contributed by atoms with Crippen LogP contribution in [0.1, 0.15) is 11.1 Å². The van der Waals surface area contributed by atoms with Crippen molar-refractivity contribution >= 4 is 18.2 Å². The molecular weight excluding hydrogens is 360 g/mol. The Labute approximate surface area is 163 Å². The molecule has 0 unspecified atom stereocenters. The minimum absolute atomic E-state index is 0.421. The molecule has 140 valence electrons. The van der Waals surface area contributed by atoms with Gasteiger partial charge in [0.1, 0.15) is 0 Å². The molecule has 7 nitrogen and oxygen atoms in total. The van der Waals surface area contributed by atoms with E-state index >= 15 is 0 Å². The molecule has 1 fully saturated rings. The SMILES string of the molecule is Cc1ccc(-c2nn(C[NH+]3CCN(c4ncccn4)CC3)c(=S)o2)cc1C. The lowest BCUT2D eigenvalue weighted by Gasteiger charge is -2.31. The summed E-state index contributed by atoms with van der Waals surface area (Å²) >= 11 is 5.39. The van der Waals surface area contributed by atoms with Crippen LogP contribution in [-0.2, 0) is 6.67 Å². The summed E-state index contributed by atoms with van der Waals surface area (Å²) in [5.41, 5.74) is 3.43. The van der Waals surface area contributed by atoms with E-state index in [1.807, 2.05) is 12.1 Å². The van der Waals surface area contributed by atoms with Crippen LogP contribution < -0.4 is 9.80 Å². The number of benzene rings is 1. The second kappa shape index (κ2) is 7.58. The standard InChI is InChI=1S/C19H22N6OS/c1-14-4-5-16(12-15(14)2)17-22-25(19(27)26-17)13-23-8-10-24(11-9-23)18-20-6-3-7-21-18/h3-7,12H,8-11,13H2,1-2H3/p+1. The van der Waals surface area contributed by atoms with E-state index in [1.54, 1.807) is 17.1 Å². The first-order valence-corrected chi connectivity index (χ1v) is 9.52. The summed E-state index contributed by atoms with van der Waals surface area (Å²) in [4.78, 5) is 12.7. The molecule has 0 atom stereocenters. The van der Waals surface area contributed by atoms with Crippen molar-refractivity contribution in [2.24, 2.45) is 0 Å². The van der Waals surface area contributed by atoms with Crippen LogP contribution in [0.4, 0.5) is 5.95 Å². The average Bonchev–Trinajstić information content (AvgIpc) is 3.06. The predicted molar refractivity (Wildman–Crippen MR) is 105 cm³/mol. The number of hydrogen-bond donors (Lipinski definition) is 1. The molecule has 0 bridgehead atoms. The van der Waals surface area contributed by atoms with Gasteiger partial charge < -0.3 is 14.2 Å². The molecule has 27 heavy (non-hydrogen) atoms. The lowest BCUT2D eigenvalue weighted by Crippen LogP contribution is -3.14. The molecule has 0 aliphatic carbocycles. The molecular formula is C19H23N6OS+. The van der Waals surface area contributed by atoms with Crippen LogP contribution in [0.15, 0.2) is 41.1 Å². The van der Waals surface area contributed by atoms with Gasteiger partial charge in [-0.3, -0.25) is 0 Å². The molecule has 3 aromatic rings. The summed E-state index contributed by atoms with van der Waals surface area (Å²) in [7, 11) is 0. The highest BCUT2D eigenvalue weighted by Crippen LogP contribution is 2.20. The van der Waals surface area contributed by atoms with E-state index in [0.29, 0.717) is 17.4 Å². The van der Waals surface area contributed by atoms with E-state index in [0.717, 1.165) is 37.7 Å². The fourth-order valence-corrected chi connectivity index (χ4v) is 3.43. The van der Waals surface area contributed by atoms with E-state index < -0.39 is 0 Å². The highest BCUT2D eigenvalue weighted by Gasteiger charge is 2.23. The summed E-state index contributed by atoms with van der Waals surface area (Å²) in [6.45, 7) is 8.67. The highest BCUT2D eigenvalue weighted by molar-refractivity contribution is 7.71. The van der Waals surface area contributed by atoms with Gasteiger partial charge >= 0.3 is 0 Å².